The molecule has 1 heterocycles. The number of benzene rings is 1. The molecule has 1 atom stereocenters. The molecule has 3 N–H and O–H groups in total. The third-order valence-corrected chi connectivity index (χ3v) is 8.40. The quantitative estimate of drug-likeness (QED) is 0.133. The van der Waals surface area contributed by atoms with Crippen LogP contribution in [0.5, 0.6) is 11.5 Å². The molecular formula is C38H45NO5. The number of ketones is 1. The van der Waals surface area contributed by atoms with Crippen molar-refractivity contribution in [1.82, 2.24) is 4.90 Å². The number of aromatic hydroxyl groups is 2. The molecule has 2 aliphatic carbocycles. The van der Waals surface area contributed by atoms with Crippen LogP contribution < -0.4 is 0 Å². The Morgan fingerprint density at radius 1 is 0.818 bits per heavy atom. The molecule has 4 rings (SSSR count). The van der Waals surface area contributed by atoms with Crippen molar-refractivity contribution in [3.8, 4) is 11.5 Å². The van der Waals surface area contributed by atoms with E-state index < -0.39 is 11.4 Å². The molecule has 0 unspecified atom stereocenters. The Balaban J connectivity index is 1.12. The van der Waals surface area contributed by atoms with Crippen molar-refractivity contribution in [2.24, 2.45) is 0 Å². The lowest BCUT2D eigenvalue weighted by Crippen LogP contribution is -2.35. The Morgan fingerprint density at radius 2 is 1.34 bits per heavy atom. The fourth-order valence-corrected chi connectivity index (χ4v) is 6.22. The molecule has 1 aliphatic heterocycles. The van der Waals surface area contributed by atoms with Crippen LogP contribution in [0.25, 0.3) is 0 Å². The maximum absolute atomic E-state index is 11.8. The standard InChI is InChI=1S/C38H45NO5/c40-31-21-24-38(25-22-31)29-32-35-30(28-33(41)37(44)36(35)38)23-27-39(32)26-19-17-15-13-11-9-7-5-3-1-2-4-6-8-10-12-14-16-18-20-34(42)43/h2-5,8-11,14-17,21-22,24-25,28,32,41,44H,1,6-7,12-13,18-20,23,26-27,29H2,(H,42,43)/b4-2+,5-3+,10-8+,11-9+,16-14+,17-15+/t32-/m1/s1. The van der Waals surface area contributed by atoms with E-state index in [1.54, 1.807) is 18.2 Å². The van der Waals surface area contributed by atoms with Gasteiger partial charge in [-0.05, 0) is 87.1 Å². The monoisotopic (exact) mass is 595 g/mol. The van der Waals surface area contributed by atoms with Gasteiger partial charge in [0.2, 0.25) is 0 Å². The van der Waals surface area contributed by atoms with Gasteiger partial charge in [0.05, 0.1) is 0 Å². The van der Waals surface area contributed by atoms with Gasteiger partial charge >= 0.3 is 5.97 Å². The molecule has 0 radical (unpaired) electrons. The Hall–Kier alpha value is -4.16. The Kier molecular flexibility index (Phi) is 12.4. The maximum Gasteiger partial charge on any atom is 0.303 e. The lowest BCUT2D eigenvalue weighted by atomic mass is 9.77. The number of carboxylic acids is 1. The first-order valence-electron chi connectivity index (χ1n) is 15.8. The Morgan fingerprint density at radius 3 is 1.89 bits per heavy atom. The highest BCUT2D eigenvalue weighted by atomic mass is 16.4. The summed E-state index contributed by atoms with van der Waals surface area (Å²) in [6.45, 7) is 1.83. The van der Waals surface area contributed by atoms with Crippen LogP contribution >= 0.6 is 0 Å². The first-order chi connectivity index (χ1) is 21.4. The number of allylic oxidation sites excluding steroid dienone is 15. The zero-order valence-corrected chi connectivity index (χ0v) is 25.5. The predicted octanol–water partition coefficient (Wildman–Crippen LogP) is 7.88. The lowest BCUT2D eigenvalue weighted by molar-refractivity contribution is -0.136. The summed E-state index contributed by atoms with van der Waals surface area (Å²) in [6, 6.07) is 1.87. The number of rotatable bonds is 16. The molecule has 6 heteroatoms. The van der Waals surface area contributed by atoms with Gasteiger partial charge in [0.1, 0.15) is 0 Å². The van der Waals surface area contributed by atoms with Crippen LogP contribution in [0.1, 0.15) is 80.5 Å². The average molecular weight is 596 g/mol. The highest BCUT2D eigenvalue weighted by Gasteiger charge is 2.48. The van der Waals surface area contributed by atoms with Crippen molar-refractivity contribution in [1.29, 1.82) is 0 Å². The van der Waals surface area contributed by atoms with Crippen molar-refractivity contribution in [3.05, 3.63) is 120 Å². The second-order valence-electron chi connectivity index (χ2n) is 11.5. The van der Waals surface area contributed by atoms with Crippen LogP contribution in [0.2, 0.25) is 0 Å². The van der Waals surface area contributed by atoms with E-state index in [0.717, 1.165) is 81.1 Å². The molecule has 0 saturated heterocycles. The van der Waals surface area contributed by atoms with Crippen LogP contribution in [0, 0.1) is 0 Å². The number of hydrogen-bond acceptors (Lipinski definition) is 5. The third-order valence-electron chi connectivity index (χ3n) is 8.40. The molecule has 0 bridgehead atoms. The van der Waals surface area contributed by atoms with Gasteiger partial charge in [0.25, 0.3) is 0 Å². The highest BCUT2D eigenvalue weighted by Crippen LogP contribution is 2.57. The highest BCUT2D eigenvalue weighted by molar-refractivity contribution is 6.01. The number of hydrogen-bond donors (Lipinski definition) is 3. The van der Waals surface area contributed by atoms with E-state index >= 15 is 0 Å². The van der Waals surface area contributed by atoms with Crippen LogP contribution in [-0.4, -0.2) is 45.1 Å². The van der Waals surface area contributed by atoms with Crippen molar-refractivity contribution in [2.75, 3.05) is 13.1 Å². The second kappa shape index (κ2) is 16.6. The first kappa shape index (κ1) is 32.7. The van der Waals surface area contributed by atoms with E-state index in [9.17, 15) is 19.8 Å². The number of carbonyl (C=O) groups excluding carboxylic acids is 1. The summed E-state index contributed by atoms with van der Waals surface area (Å²) in [5.74, 6) is -0.941. The molecule has 0 saturated carbocycles. The molecule has 0 amide bonds. The summed E-state index contributed by atoms with van der Waals surface area (Å²) in [5.41, 5.74) is 2.43. The van der Waals surface area contributed by atoms with Gasteiger partial charge in [-0.2, -0.15) is 0 Å². The molecular weight excluding hydrogens is 550 g/mol. The minimum Gasteiger partial charge on any atom is -0.504 e. The van der Waals surface area contributed by atoms with Crippen molar-refractivity contribution >= 4 is 11.8 Å². The predicted molar refractivity (Wildman–Crippen MR) is 177 cm³/mol. The molecule has 1 spiro atoms. The number of aliphatic carboxylic acids is 1. The molecule has 1 aromatic carbocycles. The van der Waals surface area contributed by atoms with Gasteiger partial charge in [0, 0.05) is 36.5 Å². The fourth-order valence-electron chi connectivity index (χ4n) is 6.22. The van der Waals surface area contributed by atoms with Crippen LogP contribution in [0.4, 0.5) is 0 Å². The number of fused-ring (bicyclic) bond motifs is 1. The summed E-state index contributed by atoms with van der Waals surface area (Å²) >= 11 is 0. The SMILES string of the molecule is O=C1C=CC2(C=C1)C[C@@H]1c3c(cc(O)c(O)c32)CCN1CC/C=C/C/C=C/C/C=C/C/C=C/C/C=C/C/C=C/CCC(=O)O. The summed E-state index contributed by atoms with van der Waals surface area (Å²) in [7, 11) is 0. The zero-order chi connectivity index (χ0) is 31.2. The normalized spacial score (nSPS) is 19.5. The molecule has 3 aliphatic rings. The van der Waals surface area contributed by atoms with Crippen molar-refractivity contribution in [3.63, 3.8) is 0 Å². The third kappa shape index (κ3) is 8.93. The number of nitrogens with zero attached hydrogens (tertiary/aromatic N) is 1. The van der Waals surface area contributed by atoms with E-state index in [1.165, 1.54) is 0 Å². The summed E-state index contributed by atoms with van der Waals surface area (Å²) in [6.07, 6.45) is 40.4. The van der Waals surface area contributed by atoms with E-state index in [0.29, 0.717) is 6.42 Å². The summed E-state index contributed by atoms with van der Waals surface area (Å²) in [4.78, 5) is 24.8. The topological polar surface area (TPSA) is 98.1 Å². The summed E-state index contributed by atoms with van der Waals surface area (Å²) < 4.78 is 0. The van der Waals surface area contributed by atoms with Gasteiger partial charge in [-0.25, -0.2) is 0 Å². The number of carbonyl (C=O) groups is 2. The van der Waals surface area contributed by atoms with E-state index in [2.05, 4.69) is 65.7 Å². The number of phenols is 2. The smallest absolute Gasteiger partial charge is 0.303 e. The molecule has 0 aromatic heterocycles. The molecule has 6 nitrogen and oxygen atoms in total. The van der Waals surface area contributed by atoms with Crippen molar-refractivity contribution < 1.29 is 24.9 Å². The van der Waals surface area contributed by atoms with Gasteiger partial charge in [-0.3, -0.25) is 14.5 Å². The van der Waals surface area contributed by atoms with Gasteiger partial charge in [0.15, 0.2) is 17.3 Å². The Bertz CT molecular complexity index is 1390. The maximum atomic E-state index is 11.8. The van der Waals surface area contributed by atoms with E-state index in [1.807, 2.05) is 24.3 Å². The minimum atomic E-state index is -0.758. The molecule has 0 fully saturated rings. The minimum absolute atomic E-state index is 0.0473. The van der Waals surface area contributed by atoms with E-state index in [-0.39, 0.29) is 29.7 Å². The van der Waals surface area contributed by atoms with Crippen molar-refractivity contribution in [2.45, 2.75) is 75.7 Å². The molecule has 232 valence electrons. The largest absolute Gasteiger partial charge is 0.504 e. The Labute approximate surface area is 261 Å². The molecule has 44 heavy (non-hydrogen) atoms. The van der Waals surface area contributed by atoms with E-state index in [4.69, 9.17) is 5.11 Å². The second-order valence-corrected chi connectivity index (χ2v) is 11.5. The fraction of sp³-hybridized carbons (Fsp3) is 0.368. The molecule has 1 aromatic rings. The van der Waals surface area contributed by atoms with Gasteiger partial charge in [-0.15, -0.1) is 0 Å². The van der Waals surface area contributed by atoms with Gasteiger partial charge in [-0.1, -0.05) is 85.1 Å². The van der Waals surface area contributed by atoms with Crippen LogP contribution in [-0.2, 0) is 21.4 Å². The lowest BCUT2D eigenvalue weighted by Gasteiger charge is -2.35. The van der Waals surface area contributed by atoms with Gasteiger partial charge < -0.3 is 15.3 Å². The number of phenolic OH excluding ortho intramolecular Hbond substituents is 2. The first-order valence-corrected chi connectivity index (χ1v) is 15.8. The average Bonchev–Trinajstić information content (AvgIpc) is 3.34. The van der Waals surface area contributed by atoms with Crippen LogP contribution in [0.3, 0.4) is 0 Å². The summed E-state index contributed by atoms with van der Waals surface area (Å²) in [5, 5.41) is 29.9. The number of carboxylic acid groups (broad SMARTS) is 1. The van der Waals surface area contributed by atoms with Crippen LogP contribution in [0.15, 0.2) is 103 Å². The zero-order valence-electron chi connectivity index (χ0n) is 25.5.